The number of nitrogens with zero attached hydrogens (tertiary/aromatic N) is 2. The number of pyridine rings is 1. The summed E-state index contributed by atoms with van der Waals surface area (Å²) in [7, 11) is 0. The molecule has 2 fully saturated rings. The van der Waals surface area contributed by atoms with Crippen molar-refractivity contribution >= 4 is 23.2 Å². The lowest BCUT2D eigenvalue weighted by atomic mass is 9.88. The van der Waals surface area contributed by atoms with Crippen LogP contribution in [-0.4, -0.2) is 53.8 Å². The van der Waals surface area contributed by atoms with Crippen molar-refractivity contribution in [2.75, 3.05) is 31.9 Å². The van der Waals surface area contributed by atoms with Gasteiger partial charge in [-0.1, -0.05) is 72.3 Å². The minimum absolute atomic E-state index is 0.106. The monoisotopic (exact) mass is 512 g/mol. The van der Waals surface area contributed by atoms with Gasteiger partial charge in [0.25, 0.3) is 0 Å². The minimum atomic E-state index is -0.145. The van der Waals surface area contributed by atoms with Crippen molar-refractivity contribution in [3.63, 3.8) is 0 Å². The van der Waals surface area contributed by atoms with E-state index in [4.69, 9.17) is 0 Å². The molecule has 37 heavy (non-hydrogen) atoms. The number of benzene rings is 2. The van der Waals surface area contributed by atoms with E-state index in [9.17, 15) is 4.79 Å². The first-order chi connectivity index (χ1) is 18.2. The zero-order valence-electron chi connectivity index (χ0n) is 21.5. The summed E-state index contributed by atoms with van der Waals surface area (Å²) in [4.78, 5) is 19.6. The number of thioether (sulfide) groups is 1. The maximum Gasteiger partial charge on any atom is 0.238 e. The van der Waals surface area contributed by atoms with E-state index >= 15 is 0 Å². The molecule has 2 aromatic carbocycles. The molecule has 2 N–H and O–H groups in total. The lowest BCUT2D eigenvalue weighted by molar-refractivity contribution is -0.122. The van der Waals surface area contributed by atoms with Gasteiger partial charge in [0.1, 0.15) is 0 Å². The standard InChI is InChI=1S/C31H36N4OS/c1-23-13-14-27(21-33-23)31-34-28(22-37-31)30(36)32-17-8-18-35-19-15-26(16-20-35)29(24-9-4-2-5-10-24)25-11-6-3-7-12-25/h2-7,9-14,21,28,31,34H,8,15-20,22H2,1H3,(H,32,36). The Morgan fingerprint density at radius 2 is 1.68 bits per heavy atom. The number of amides is 1. The highest BCUT2D eigenvalue weighted by Crippen LogP contribution is 2.33. The van der Waals surface area contributed by atoms with E-state index in [0.29, 0.717) is 0 Å². The molecule has 3 heterocycles. The number of hydrogen-bond donors (Lipinski definition) is 2. The second kappa shape index (κ2) is 12.5. The quantitative estimate of drug-likeness (QED) is 0.407. The summed E-state index contributed by atoms with van der Waals surface area (Å²) in [5.74, 6) is 0.894. The molecule has 1 aromatic heterocycles. The van der Waals surface area contributed by atoms with E-state index in [1.165, 1.54) is 16.7 Å². The molecule has 2 aliphatic rings. The fourth-order valence-electron chi connectivity index (χ4n) is 5.17. The number of aryl methyl sites for hydroxylation is 1. The first-order valence-electron chi connectivity index (χ1n) is 13.3. The summed E-state index contributed by atoms with van der Waals surface area (Å²) in [6, 6.07) is 25.5. The van der Waals surface area contributed by atoms with E-state index in [1.807, 2.05) is 19.2 Å². The van der Waals surface area contributed by atoms with Gasteiger partial charge >= 0.3 is 0 Å². The SMILES string of the molecule is Cc1ccc(C2NC(C(=O)NCCCN3CCC(=C(c4ccccc4)c4ccccc4)CC3)CS2)cn1. The molecular weight excluding hydrogens is 476 g/mol. The fraction of sp³-hybridized carbons (Fsp3) is 0.355. The van der Waals surface area contributed by atoms with E-state index in [1.54, 1.807) is 17.3 Å². The van der Waals surface area contributed by atoms with E-state index in [-0.39, 0.29) is 17.3 Å². The van der Waals surface area contributed by atoms with Gasteiger partial charge in [0.05, 0.1) is 11.4 Å². The number of piperidine rings is 1. The molecule has 2 aliphatic heterocycles. The number of nitrogens with one attached hydrogen (secondary N) is 2. The molecule has 5 nitrogen and oxygen atoms in total. The van der Waals surface area contributed by atoms with Crippen molar-refractivity contribution in [1.82, 2.24) is 20.5 Å². The third-order valence-corrected chi connectivity index (χ3v) is 8.49. The average Bonchev–Trinajstić information content (AvgIpc) is 3.44. The van der Waals surface area contributed by atoms with Gasteiger partial charge in [-0.25, -0.2) is 0 Å². The molecule has 5 rings (SSSR count). The predicted octanol–water partition coefficient (Wildman–Crippen LogP) is 5.20. The molecule has 0 spiro atoms. The van der Waals surface area contributed by atoms with Crippen LogP contribution in [-0.2, 0) is 4.79 Å². The molecule has 2 unspecified atom stereocenters. The van der Waals surface area contributed by atoms with Crippen LogP contribution < -0.4 is 10.6 Å². The van der Waals surface area contributed by atoms with Gasteiger partial charge < -0.3 is 10.2 Å². The molecule has 2 saturated heterocycles. The fourth-order valence-corrected chi connectivity index (χ4v) is 6.39. The number of rotatable bonds is 8. The normalized spacial score (nSPS) is 20.1. The Bertz CT molecular complexity index is 1150. The Hall–Kier alpha value is -2.93. The summed E-state index contributed by atoms with van der Waals surface area (Å²) in [6.45, 7) is 5.86. The van der Waals surface area contributed by atoms with Crippen LogP contribution in [0.1, 0.15) is 47.0 Å². The molecule has 0 saturated carbocycles. The summed E-state index contributed by atoms with van der Waals surface area (Å²) < 4.78 is 0. The van der Waals surface area contributed by atoms with Crippen molar-refractivity contribution in [1.29, 1.82) is 0 Å². The van der Waals surface area contributed by atoms with E-state index in [0.717, 1.165) is 62.5 Å². The van der Waals surface area contributed by atoms with E-state index < -0.39 is 0 Å². The smallest absolute Gasteiger partial charge is 0.238 e. The van der Waals surface area contributed by atoms with Gasteiger partial charge in [-0.3, -0.25) is 15.1 Å². The van der Waals surface area contributed by atoms with Crippen LogP contribution in [0.5, 0.6) is 0 Å². The first kappa shape index (κ1) is 25.7. The summed E-state index contributed by atoms with van der Waals surface area (Å²) in [5.41, 5.74) is 7.70. The number of carbonyl (C=O) groups excluding carboxylic acids is 1. The Balaban J connectivity index is 1.08. The molecule has 2 atom stereocenters. The minimum Gasteiger partial charge on any atom is -0.355 e. The summed E-state index contributed by atoms with van der Waals surface area (Å²) in [6.07, 6.45) is 5.05. The van der Waals surface area contributed by atoms with Gasteiger partial charge in [-0.2, -0.15) is 0 Å². The zero-order valence-corrected chi connectivity index (χ0v) is 22.3. The molecule has 0 aliphatic carbocycles. The van der Waals surface area contributed by atoms with Crippen LogP contribution in [0.4, 0.5) is 0 Å². The number of carbonyl (C=O) groups is 1. The van der Waals surface area contributed by atoms with Crippen LogP contribution >= 0.6 is 11.8 Å². The Morgan fingerprint density at radius 1 is 1.00 bits per heavy atom. The Morgan fingerprint density at radius 3 is 2.30 bits per heavy atom. The second-order valence-corrected chi connectivity index (χ2v) is 11.0. The topological polar surface area (TPSA) is 57.3 Å². The van der Waals surface area contributed by atoms with Crippen LogP contribution in [0.25, 0.3) is 5.57 Å². The van der Waals surface area contributed by atoms with Gasteiger partial charge in [0, 0.05) is 37.3 Å². The zero-order chi connectivity index (χ0) is 25.5. The molecule has 0 radical (unpaired) electrons. The number of aromatic nitrogens is 1. The summed E-state index contributed by atoms with van der Waals surface area (Å²) >= 11 is 1.77. The van der Waals surface area contributed by atoms with Crippen LogP contribution in [0, 0.1) is 6.92 Å². The number of likely N-dealkylation sites (tertiary alicyclic amines) is 1. The lowest BCUT2D eigenvalue weighted by Crippen LogP contribution is -2.43. The number of hydrogen-bond acceptors (Lipinski definition) is 5. The maximum absolute atomic E-state index is 12.7. The van der Waals surface area contributed by atoms with Gasteiger partial charge in [-0.15, -0.1) is 11.8 Å². The summed E-state index contributed by atoms with van der Waals surface area (Å²) in [5, 5.41) is 6.74. The second-order valence-electron chi connectivity index (χ2n) is 9.86. The largest absolute Gasteiger partial charge is 0.355 e. The highest BCUT2D eigenvalue weighted by atomic mass is 32.2. The van der Waals surface area contributed by atoms with Crippen molar-refractivity contribution in [2.24, 2.45) is 0 Å². The highest BCUT2D eigenvalue weighted by Gasteiger charge is 2.30. The van der Waals surface area contributed by atoms with Crippen molar-refractivity contribution in [3.05, 3.63) is 107 Å². The Kier molecular flexibility index (Phi) is 8.72. The van der Waals surface area contributed by atoms with Gasteiger partial charge in [0.15, 0.2) is 0 Å². The molecule has 3 aromatic rings. The first-order valence-corrected chi connectivity index (χ1v) is 14.4. The van der Waals surface area contributed by atoms with Crippen molar-refractivity contribution < 1.29 is 4.79 Å². The average molecular weight is 513 g/mol. The molecule has 0 bridgehead atoms. The van der Waals surface area contributed by atoms with E-state index in [2.05, 4.69) is 87.2 Å². The third-order valence-electron chi connectivity index (χ3n) is 7.22. The lowest BCUT2D eigenvalue weighted by Gasteiger charge is -2.30. The Labute approximate surface area is 224 Å². The molecule has 192 valence electrons. The van der Waals surface area contributed by atoms with Crippen LogP contribution in [0.15, 0.2) is 84.6 Å². The third kappa shape index (κ3) is 6.69. The van der Waals surface area contributed by atoms with Crippen molar-refractivity contribution in [3.8, 4) is 0 Å². The van der Waals surface area contributed by atoms with Crippen LogP contribution in [0.2, 0.25) is 0 Å². The molecular formula is C31H36N4OS. The van der Waals surface area contributed by atoms with Crippen molar-refractivity contribution in [2.45, 2.75) is 37.6 Å². The molecule has 1 amide bonds. The van der Waals surface area contributed by atoms with Gasteiger partial charge in [0.2, 0.25) is 5.91 Å². The van der Waals surface area contributed by atoms with Crippen LogP contribution in [0.3, 0.4) is 0 Å². The predicted molar refractivity (Wildman–Crippen MR) is 153 cm³/mol. The maximum atomic E-state index is 12.7. The molecule has 6 heteroatoms. The highest BCUT2D eigenvalue weighted by molar-refractivity contribution is 7.99. The van der Waals surface area contributed by atoms with Gasteiger partial charge in [-0.05, 0) is 61.1 Å².